The predicted octanol–water partition coefficient (Wildman–Crippen LogP) is 13.4. The SMILES string of the molecule is COC(=O)/C=C/c1cccc(N(Cc2ccc(-c3ccc(N(C)C)cc3)cc2)C(=O)C2CCCCC2)c1.COC(=O)/C=C/c1cccc(N(Cc2ccc(-c3ccc(N(C)C)cc3)cc2)C(=O)C2CCCCC2)c1. The largest absolute Gasteiger partial charge is 0.466 e. The van der Waals surface area contributed by atoms with E-state index in [9.17, 15) is 19.2 Å². The van der Waals surface area contributed by atoms with E-state index in [-0.39, 0.29) is 23.7 Å². The Morgan fingerprint density at radius 1 is 0.432 bits per heavy atom. The fraction of sp³-hybridized carbons (Fsp3) is 0.312. The van der Waals surface area contributed by atoms with Crippen molar-refractivity contribution in [1.29, 1.82) is 0 Å². The summed E-state index contributed by atoms with van der Waals surface area (Å²) in [4.78, 5) is 58.6. The Morgan fingerprint density at radius 3 is 1.07 bits per heavy atom. The van der Waals surface area contributed by atoms with Gasteiger partial charge in [-0.05, 0) is 131 Å². The molecular formula is C64H72N4O6. The Morgan fingerprint density at radius 2 is 0.757 bits per heavy atom. The van der Waals surface area contributed by atoms with Crippen molar-refractivity contribution >= 4 is 58.7 Å². The van der Waals surface area contributed by atoms with Crippen molar-refractivity contribution < 1.29 is 28.7 Å². The van der Waals surface area contributed by atoms with E-state index in [2.05, 4.69) is 107 Å². The summed E-state index contributed by atoms with van der Waals surface area (Å²) < 4.78 is 9.42. The summed E-state index contributed by atoms with van der Waals surface area (Å²) in [7, 11) is 10.9. The maximum absolute atomic E-state index is 13.7. The van der Waals surface area contributed by atoms with Crippen LogP contribution in [-0.4, -0.2) is 66.2 Å². The minimum atomic E-state index is -0.406. The van der Waals surface area contributed by atoms with Gasteiger partial charge in [0.2, 0.25) is 11.8 Å². The minimum absolute atomic E-state index is 0.0532. The number of carbonyl (C=O) groups is 4. The number of methoxy groups -OCH3 is 2. The summed E-state index contributed by atoms with van der Waals surface area (Å²) in [5.41, 5.74) is 12.5. The second kappa shape index (κ2) is 26.8. The van der Waals surface area contributed by atoms with Crippen LogP contribution in [0.4, 0.5) is 22.7 Å². The van der Waals surface area contributed by atoms with Gasteiger partial charge in [-0.3, -0.25) is 9.59 Å². The molecule has 2 fully saturated rings. The summed E-state index contributed by atoms with van der Waals surface area (Å²) in [6.07, 6.45) is 16.8. The Balaban J connectivity index is 0.000000216. The van der Waals surface area contributed by atoms with Gasteiger partial charge >= 0.3 is 11.9 Å². The zero-order valence-electron chi connectivity index (χ0n) is 44.0. The first kappa shape index (κ1) is 54.1. The van der Waals surface area contributed by atoms with E-state index in [1.165, 1.54) is 50.6 Å². The Kier molecular flexibility index (Phi) is 19.6. The highest BCUT2D eigenvalue weighted by molar-refractivity contribution is 5.97. The first-order valence-electron chi connectivity index (χ1n) is 26.0. The van der Waals surface area contributed by atoms with E-state index in [0.29, 0.717) is 13.1 Å². The third kappa shape index (κ3) is 15.2. The van der Waals surface area contributed by atoms with Gasteiger partial charge in [0.1, 0.15) is 0 Å². The molecule has 10 nitrogen and oxygen atoms in total. The second-order valence-corrected chi connectivity index (χ2v) is 19.7. The second-order valence-electron chi connectivity index (χ2n) is 19.7. The molecule has 2 amide bonds. The molecule has 0 heterocycles. The number of anilines is 4. The molecular weight excluding hydrogens is 921 g/mol. The fourth-order valence-electron chi connectivity index (χ4n) is 9.66. The van der Waals surface area contributed by atoms with E-state index < -0.39 is 11.9 Å². The van der Waals surface area contributed by atoms with Crippen molar-refractivity contribution in [3.8, 4) is 22.3 Å². The number of ether oxygens (including phenoxy) is 2. The van der Waals surface area contributed by atoms with Crippen LogP contribution in [0.5, 0.6) is 0 Å². The molecule has 0 unspecified atom stereocenters. The monoisotopic (exact) mass is 993 g/mol. The van der Waals surface area contributed by atoms with Gasteiger partial charge in [-0.1, -0.05) is 136 Å². The summed E-state index contributed by atoms with van der Waals surface area (Å²) in [6, 6.07) is 49.5. The van der Waals surface area contributed by atoms with Crippen molar-refractivity contribution in [2.45, 2.75) is 77.3 Å². The van der Waals surface area contributed by atoms with Gasteiger partial charge in [-0.15, -0.1) is 0 Å². The topological polar surface area (TPSA) is 99.7 Å². The smallest absolute Gasteiger partial charge is 0.330 e. The third-order valence-corrected chi connectivity index (χ3v) is 14.1. The maximum atomic E-state index is 13.7. The molecule has 8 rings (SSSR count). The average Bonchev–Trinajstić information content (AvgIpc) is 3.45. The fourth-order valence-corrected chi connectivity index (χ4v) is 9.66. The summed E-state index contributed by atoms with van der Waals surface area (Å²) in [6.45, 7) is 0.999. The van der Waals surface area contributed by atoms with Crippen LogP contribution in [0.3, 0.4) is 0 Å². The predicted molar refractivity (Wildman–Crippen MR) is 303 cm³/mol. The minimum Gasteiger partial charge on any atom is -0.466 e. The van der Waals surface area contributed by atoms with Crippen LogP contribution in [0.25, 0.3) is 34.4 Å². The molecule has 0 atom stereocenters. The molecule has 2 aliphatic rings. The van der Waals surface area contributed by atoms with Crippen LogP contribution < -0.4 is 19.6 Å². The quantitative estimate of drug-likeness (QED) is 0.0698. The molecule has 2 saturated carbocycles. The summed E-state index contributed by atoms with van der Waals surface area (Å²) >= 11 is 0. The standard InChI is InChI=1S/2C32H36N2O3/c2*1-33(2)29-19-17-27(18-20-29)26-15-12-25(13-16-26)23-34(32(36)28-9-5-4-6-10-28)30-11-7-8-24(22-30)14-21-31(35)37-3/h2*7-8,11-22,28H,4-6,9-10,23H2,1-3H3/b2*21-14+. The van der Waals surface area contributed by atoms with E-state index in [1.807, 2.05) is 86.5 Å². The number of hydrogen-bond donors (Lipinski definition) is 0. The molecule has 74 heavy (non-hydrogen) atoms. The van der Waals surface area contributed by atoms with Crippen molar-refractivity contribution in [1.82, 2.24) is 0 Å². The number of hydrogen-bond acceptors (Lipinski definition) is 8. The number of carbonyl (C=O) groups excluding carboxylic acids is 4. The zero-order valence-corrected chi connectivity index (χ0v) is 44.0. The van der Waals surface area contributed by atoms with Crippen LogP contribution in [0.1, 0.15) is 86.5 Å². The molecule has 0 radical (unpaired) electrons. The van der Waals surface area contributed by atoms with Crippen LogP contribution in [0.15, 0.2) is 158 Å². The lowest BCUT2D eigenvalue weighted by atomic mass is 9.88. The molecule has 0 aromatic heterocycles. The zero-order chi connectivity index (χ0) is 52.4. The lowest BCUT2D eigenvalue weighted by molar-refractivity contribution is -0.135. The highest BCUT2D eigenvalue weighted by Crippen LogP contribution is 2.33. The Hall–Kier alpha value is -7.72. The highest BCUT2D eigenvalue weighted by Gasteiger charge is 2.29. The molecule has 6 aromatic rings. The van der Waals surface area contributed by atoms with Crippen LogP contribution in [-0.2, 0) is 41.7 Å². The Labute approximate surface area is 438 Å². The van der Waals surface area contributed by atoms with Crippen LogP contribution in [0, 0.1) is 11.8 Å². The van der Waals surface area contributed by atoms with Crippen molar-refractivity contribution in [2.75, 3.05) is 62.0 Å². The maximum Gasteiger partial charge on any atom is 0.330 e. The summed E-state index contributed by atoms with van der Waals surface area (Å²) in [5.74, 6) is -0.349. The number of rotatable bonds is 16. The molecule has 6 aromatic carbocycles. The van der Waals surface area contributed by atoms with E-state index in [4.69, 9.17) is 9.47 Å². The van der Waals surface area contributed by atoms with E-state index in [1.54, 1.807) is 12.2 Å². The number of benzene rings is 6. The lowest BCUT2D eigenvalue weighted by Gasteiger charge is -2.30. The lowest BCUT2D eigenvalue weighted by Crippen LogP contribution is -2.36. The van der Waals surface area contributed by atoms with Gasteiger partial charge in [0, 0.05) is 74.9 Å². The number of esters is 2. The van der Waals surface area contributed by atoms with Gasteiger partial charge in [0.15, 0.2) is 0 Å². The van der Waals surface area contributed by atoms with Gasteiger partial charge in [0.25, 0.3) is 0 Å². The van der Waals surface area contributed by atoms with E-state index in [0.717, 1.165) is 107 Å². The molecule has 2 aliphatic carbocycles. The number of nitrogens with zero attached hydrogens (tertiary/aromatic N) is 4. The Bertz CT molecular complexity index is 2640. The molecule has 384 valence electrons. The molecule has 0 bridgehead atoms. The van der Waals surface area contributed by atoms with Gasteiger partial charge in [0.05, 0.1) is 27.3 Å². The van der Waals surface area contributed by atoms with Gasteiger partial charge in [-0.25, -0.2) is 9.59 Å². The van der Waals surface area contributed by atoms with Gasteiger partial charge < -0.3 is 29.1 Å². The first-order valence-corrected chi connectivity index (χ1v) is 26.0. The van der Waals surface area contributed by atoms with Crippen molar-refractivity contribution in [3.63, 3.8) is 0 Å². The highest BCUT2D eigenvalue weighted by atomic mass is 16.5. The molecule has 0 aliphatic heterocycles. The molecule has 0 spiro atoms. The molecule has 0 saturated heterocycles. The third-order valence-electron chi connectivity index (χ3n) is 14.1. The van der Waals surface area contributed by atoms with Crippen LogP contribution >= 0.6 is 0 Å². The van der Waals surface area contributed by atoms with Gasteiger partial charge in [-0.2, -0.15) is 0 Å². The normalized spacial score (nSPS) is 13.9. The van der Waals surface area contributed by atoms with Crippen molar-refractivity contribution in [2.24, 2.45) is 11.8 Å². The number of amides is 2. The molecule has 0 N–H and O–H groups in total. The van der Waals surface area contributed by atoms with Crippen molar-refractivity contribution in [3.05, 3.63) is 180 Å². The van der Waals surface area contributed by atoms with E-state index >= 15 is 0 Å². The average molecular weight is 993 g/mol. The van der Waals surface area contributed by atoms with Crippen LogP contribution in [0.2, 0.25) is 0 Å². The summed E-state index contributed by atoms with van der Waals surface area (Å²) in [5, 5.41) is 0. The molecule has 10 heteroatoms. The first-order chi connectivity index (χ1) is 35.9.